The number of hydrogen-bond donors (Lipinski definition) is 0. The van der Waals surface area contributed by atoms with Crippen molar-refractivity contribution in [2.24, 2.45) is 5.92 Å². The van der Waals surface area contributed by atoms with Crippen LogP contribution in [0.3, 0.4) is 0 Å². The molecule has 2 nitrogen and oxygen atoms in total. The van der Waals surface area contributed by atoms with E-state index in [0.717, 1.165) is 11.7 Å². The maximum atomic E-state index is 5.74. The van der Waals surface area contributed by atoms with Crippen LogP contribution in [0.4, 0.5) is 0 Å². The van der Waals surface area contributed by atoms with Gasteiger partial charge in [0.15, 0.2) is 0 Å². The first-order valence-electron chi connectivity index (χ1n) is 4.95. The lowest BCUT2D eigenvalue weighted by Gasteiger charge is -2.34. The standard InChI is InChI=1S/C11H15NO/c1-2-9-7-11(8-9)13-10-3-5-12-6-4-10/h3-6,9,11H,2,7-8H2,1H3/t9-,11-. The van der Waals surface area contributed by atoms with Crippen molar-refractivity contribution in [2.45, 2.75) is 32.3 Å². The maximum Gasteiger partial charge on any atom is 0.122 e. The molecule has 1 saturated carbocycles. The molecule has 0 unspecified atom stereocenters. The molecule has 0 aliphatic heterocycles. The van der Waals surface area contributed by atoms with Gasteiger partial charge in [-0.25, -0.2) is 0 Å². The van der Waals surface area contributed by atoms with Crippen molar-refractivity contribution in [1.82, 2.24) is 4.98 Å². The predicted octanol–water partition coefficient (Wildman–Crippen LogP) is 2.65. The van der Waals surface area contributed by atoms with Crippen molar-refractivity contribution in [3.05, 3.63) is 24.5 Å². The molecule has 0 aromatic carbocycles. The van der Waals surface area contributed by atoms with E-state index in [2.05, 4.69) is 11.9 Å². The van der Waals surface area contributed by atoms with E-state index in [1.165, 1.54) is 19.3 Å². The van der Waals surface area contributed by atoms with Crippen LogP contribution in [0.5, 0.6) is 5.75 Å². The quantitative estimate of drug-likeness (QED) is 0.708. The molecule has 1 fully saturated rings. The third kappa shape index (κ3) is 2.00. The van der Waals surface area contributed by atoms with E-state index in [1.54, 1.807) is 12.4 Å². The molecule has 1 aliphatic rings. The molecule has 2 rings (SSSR count). The largest absolute Gasteiger partial charge is 0.490 e. The van der Waals surface area contributed by atoms with Crippen LogP contribution in [0.25, 0.3) is 0 Å². The molecule has 0 atom stereocenters. The van der Waals surface area contributed by atoms with E-state index in [0.29, 0.717) is 6.10 Å². The van der Waals surface area contributed by atoms with Crippen molar-refractivity contribution in [3.63, 3.8) is 0 Å². The Morgan fingerprint density at radius 1 is 1.38 bits per heavy atom. The van der Waals surface area contributed by atoms with Crippen LogP contribution in [-0.4, -0.2) is 11.1 Å². The highest BCUT2D eigenvalue weighted by atomic mass is 16.5. The zero-order valence-electron chi connectivity index (χ0n) is 7.94. The van der Waals surface area contributed by atoms with Crippen LogP contribution in [-0.2, 0) is 0 Å². The fourth-order valence-electron chi connectivity index (χ4n) is 1.71. The van der Waals surface area contributed by atoms with Crippen LogP contribution >= 0.6 is 0 Å². The van der Waals surface area contributed by atoms with Crippen molar-refractivity contribution in [1.29, 1.82) is 0 Å². The van der Waals surface area contributed by atoms with E-state index in [1.807, 2.05) is 12.1 Å². The lowest BCUT2D eigenvalue weighted by molar-refractivity contribution is 0.0630. The third-order valence-electron chi connectivity index (χ3n) is 2.72. The highest BCUT2D eigenvalue weighted by Gasteiger charge is 2.28. The lowest BCUT2D eigenvalue weighted by Crippen LogP contribution is -2.33. The summed E-state index contributed by atoms with van der Waals surface area (Å²) >= 11 is 0. The smallest absolute Gasteiger partial charge is 0.122 e. The summed E-state index contributed by atoms with van der Waals surface area (Å²) in [5, 5.41) is 0. The van der Waals surface area contributed by atoms with Gasteiger partial charge in [-0.1, -0.05) is 13.3 Å². The average molecular weight is 177 g/mol. The highest BCUT2D eigenvalue weighted by molar-refractivity contribution is 5.17. The molecule has 1 heterocycles. The Labute approximate surface area is 78.9 Å². The van der Waals surface area contributed by atoms with Gasteiger partial charge in [0.25, 0.3) is 0 Å². The van der Waals surface area contributed by atoms with E-state index < -0.39 is 0 Å². The summed E-state index contributed by atoms with van der Waals surface area (Å²) in [5.74, 6) is 1.85. The molecule has 0 N–H and O–H groups in total. The van der Waals surface area contributed by atoms with Gasteiger partial charge in [0.2, 0.25) is 0 Å². The van der Waals surface area contributed by atoms with E-state index >= 15 is 0 Å². The van der Waals surface area contributed by atoms with Crippen LogP contribution < -0.4 is 4.74 Å². The summed E-state index contributed by atoms with van der Waals surface area (Å²) in [6, 6.07) is 3.83. The SMILES string of the molecule is CC[C@H]1C[C@H](Oc2ccncc2)C1. The zero-order valence-corrected chi connectivity index (χ0v) is 7.94. The summed E-state index contributed by atoms with van der Waals surface area (Å²) in [6.07, 6.45) is 7.72. The molecule has 0 radical (unpaired) electrons. The number of rotatable bonds is 3. The Morgan fingerprint density at radius 3 is 2.69 bits per heavy atom. The Kier molecular flexibility index (Phi) is 2.48. The summed E-state index contributed by atoms with van der Waals surface area (Å²) in [5.41, 5.74) is 0. The minimum absolute atomic E-state index is 0.451. The van der Waals surface area contributed by atoms with E-state index in [4.69, 9.17) is 4.74 Å². The van der Waals surface area contributed by atoms with Gasteiger partial charge in [0.05, 0.1) is 6.10 Å². The third-order valence-corrected chi connectivity index (χ3v) is 2.72. The second-order valence-electron chi connectivity index (χ2n) is 3.67. The Morgan fingerprint density at radius 2 is 2.08 bits per heavy atom. The molecular weight excluding hydrogens is 162 g/mol. The fraction of sp³-hybridized carbons (Fsp3) is 0.545. The molecule has 1 aliphatic carbocycles. The predicted molar refractivity (Wildman–Crippen MR) is 51.7 cm³/mol. The molecule has 1 aromatic rings. The van der Waals surface area contributed by atoms with Gasteiger partial charge < -0.3 is 4.74 Å². The van der Waals surface area contributed by atoms with Crippen molar-refractivity contribution in [2.75, 3.05) is 0 Å². The molecule has 2 heteroatoms. The highest BCUT2D eigenvalue weighted by Crippen LogP contribution is 2.32. The summed E-state index contributed by atoms with van der Waals surface area (Å²) in [7, 11) is 0. The minimum atomic E-state index is 0.451. The fourth-order valence-corrected chi connectivity index (χ4v) is 1.71. The van der Waals surface area contributed by atoms with Crippen LogP contribution in [0.2, 0.25) is 0 Å². The molecule has 0 amide bonds. The van der Waals surface area contributed by atoms with Crippen LogP contribution in [0.1, 0.15) is 26.2 Å². The first-order valence-corrected chi connectivity index (χ1v) is 4.95. The van der Waals surface area contributed by atoms with Crippen molar-refractivity contribution >= 4 is 0 Å². The number of hydrogen-bond acceptors (Lipinski definition) is 2. The summed E-state index contributed by atoms with van der Waals surface area (Å²) in [6.45, 7) is 2.24. The van der Waals surface area contributed by atoms with Gasteiger partial charge >= 0.3 is 0 Å². The molecule has 13 heavy (non-hydrogen) atoms. The Hall–Kier alpha value is -1.05. The van der Waals surface area contributed by atoms with Crippen LogP contribution in [0.15, 0.2) is 24.5 Å². The summed E-state index contributed by atoms with van der Waals surface area (Å²) in [4.78, 5) is 3.95. The molecule has 70 valence electrons. The number of ether oxygens (including phenoxy) is 1. The molecule has 0 spiro atoms. The van der Waals surface area contributed by atoms with Crippen molar-refractivity contribution in [3.8, 4) is 5.75 Å². The topological polar surface area (TPSA) is 22.1 Å². The van der Waals surface area contributed by atoms with E-state index in [-0.39, 0.29) is 0 Å². The Bertz CT molecular complexity index is 254. The molecule has 0 bridgehead atoms. The van der Waals surface area contributed by atoms with Gasteiger partial charge in [0.1, 0.15) is 5.75 Å². The zero-order chi connectivity index (χ0) is 9.10. The number of aromatic nitrogens is 1. The molecule has 1 aromatic heterocycles. The molecule has 0 saturated heterocycles. The maximum absolute atomic E-state index is 5.74. The average Bonchev–Trinajstić information content (AvgIpc) is 2.12. The molecular formula is C11H15NO. The van der Waals surface area contributed by atoms with Crippen LogP contribution in [0, 0.1) is 5.92 Å². The first-order chi connectivity index (χ1) is 6.38. The Balaban J connectivity index is 1.81. The second kappa shape index (κ2) is 3.77. The van der Waals surface area contributed by atoms with Gasteiger partial charge in [-0.05, 0) is 30.9 Å². The van der Waals surface area contributed by atoms with Gasteiger partial charge in [-0.15, -0.1) is 0 Å². The monoisotopic (exact) mass is 177 g/mol. The lowest BCUT2D eigenvalue weighted by atomic mass is 9.80. The number of nitrogens with zero attached hydrogens (tertiary/aromatic N) is 1. The van der Waals surface area contributed by atoms with Gasteiger partial charge in [-0.2, -0.15) is 0 Å². The van der Waals surface area contributed by atoms with E-state index in [9.17, 15) is 0 Å². The minimum Gasteiger partial charge on any atom is -0.490 e. The number of pyridine rings is 1. The van der Waals surface area contributed by atoms with Gasteiger partial charge in [-0.3, -0.25) is 4.98 Å². The second-order valence-corrected chi connectivity index (χ2v) is 3.67. The van der Waals surface area contributed by atoms with Gasteiger partial charge in [0, 0.05) is 12.4 Å². The van der Waals surface area contributed by atoms with Crippen molar-refractivity contribution < 1.29 is 4.74 Å². The summed E-state index contributed by atoms with van der Waals surface area (Å²) < 4.78 is 5.74. The first kappa shape index (κ1) is 8.54. The normalized spacial score (nSPS) is 26.5.